The molecule has 3 aliphatic rings. The molecule has 23 heavy (non-hydrogen) atoms. The average molecular weight is 316 g/mol. The highest BCUT2D eigenvalue weighted by Crippen LogP contribution is 2.23. The number of carbonyl (C=O) groups is 1. The lowest BCUT2D eigenvalue weighted by Crippen LogP contribution is -2.64. The van der Waals surface area contributed by atoms with Crippen molar-refractivity contribution < 1.29 is 4.79 Å². The van der Waals surface area contributed by atoms with Crippen molar-refractivity contribution in [2.75, 3.05) is 55.6 Å². The van der Waals surface area contributed by atoms with Gasteiger partial charge in [0.05, 0.1) is 0 Å². The molecular formula is C16H24N6O. The fourth-order valence-corrected chi connectivity index (χ4v) is 3.79. The first-order chi connectivity index (χ1) is 11.3. The van der Waals surface area contributed by atoms with Crippen molar-refractivity contribution in [2.24, 2.45) is 0 Å². The molecule has 0 saturated carbocycles. The molecule has 0 spiro atoms. The number of hydrogen-bond acceptors (Lipinski definition) is 6. The van der Waals surface area contributed by atoms with Crippen molar-refractivity contribution in [3.8, 4) is 0 Å². The summed E-state index contributed by atoms with van der Waals surface area (Å²) in [7, 11) is 0. The van der Waals surface area contributed by atoms with Crippen LogP contribution in [-0.4, -0.2) is 72.6 Å². The molecule has 1 atom stereocenters. The van der Waals surface area contributed by atoms with E-state index >= 15 is 0 Å². The first-order valence-corrected chi connectivity index (χ1v) is 8.65. The van der Waals surface area contributed by atoms with Gasteiger partial charge in [-0.1, -0.05) is 0 Å². The minimum Gasteiger partial charge on any atom is -0.356 e. The van der Waals surface area contributed by atoms with Crippen molar-refractivity contribution in [1.82, 2.24) is 20.2 Å². The van der Waals surface area contributed by atoms with Gasteiger partial charge in [0.15, 0.2) is 0 Å². The Kier molecular flexibility index (Phi) is 4.03. The molecule has 0 aromatic carbocycles. The normalized spacial score (nSPS) is 25.9. The van der Waals surface area contributed by atoms with Crippen LogP contribution in [0.25, 0.3) is 0 Å². The number of nitrogens with one attached hydrogen (secondary N) is 1. The second-order valence-corrected chi connectivity index (χ2v) is 6.57. The van der Waals surface area contributed by atoms with E-state index in [9.17, 15) is 4.79 Å². The molecular weight excluding hydrogens is 292 g/mol. The van der Waals surface area contributed by atoms with Crippen molar-refractivity contribution in [3.05, 3.63) is 12.4 Å². The monoisotopic (exact) mass is 316 g/mol. The third kappa shape index (κ3) is 2.97. The van der Waals surface area contributed by atoms with Crippen LogP contribution in [0.3, 0.4) is 0 Å². The second kappa shape index (κ2) is 6.31. The standard InChI is InChI=1S/C16H24N6O/c23-16-13-11-22(9-8-20(13)7-4-17-16)15-10-14(18-12-19-15)21-5-2-1-3-6-21/h10,12-13H,1-9,11H2,(H,17,23)/t13-/m0/s1. The molecule has 0 unspecified atom stereocenters. The number of fused-ring (bicyclic) bond motifs is 1. The van der Waals surface area contributed by atoms with Crippen LogP contribution in [0, 0.1) is 0 Å². The maximum absolute atomic E-state index is 12.1. The number of amides is 1. The first kappa shape index (κ1) is 14.7. The minimum absolute atomic E-state index is 0.0501. The van der Waals surface area contributed by atoms with Crippen LogP contribution in [-0.2, 0) is 4.79 Å². The van der Waals surface area contributed by atoms with Crippen molar-refractivity contribution in [2.45, 2.75) is 25.3 Å². The van der Waals surface area contributed by atoms with Gasteiger partial charge >= 0.3 is 0 Å². The summed E-state index contributed by atoms with van der Waals surface area (Å²) in [6.45, 7) is 6.42. The van der Waals surface area contributed by atoms with Crippen molar-refractivity contribution in [3.63, 3.8) is 0 Å². The van der Waals surface area contributed by atoms with Crippen LogP contribution in [0.1, 0.15) is 19.3 Å². The number of rotatable bonds is 2. The van der Waals surface area contributed by atoms with Crippen molar-refractivity contribution >= 4 is 17.5 Å². The number of hydrogen-bond donors (Lipinski definition) is 1. The van der Waals surface area contributed by atoms with Gasteiger partial charge in [0.1, 0.15) is 24.0 Å². The number of anilines is 2. The Bertz CT molecular complexity index is 573. The van der Waals surface area contributed by atoms with Gasteiger partial charge in [-0.2, -0.15) is 0 Å². The Morgan fingerprint density at radius 2 is 1.74 bits per heavy atom. The highest BCUT2D eigenvalue weighted by molar-refractivity contribution is 5.83. The van der Waals surface area contributed by atoms with E-state index in [1.54, 1.807) is 6.33 Å². The highest BCUT2D eigenvalue weighted by Gasteiger charge is 2.35. The molecule has 0 bridgehead atoms. The molecule has 3 saturated heterocycles. The van der Waals surface area contributed by atoms with Gasteiger partial charge in [-0.15, -0.1) is 0 Å². The van der Waals surface area contributed by atoms with Gasteiger partial charge in [0, 0.05) is 51.9 Å². The van der Waals surface area contributed by atoms with Crippen LogP contribution in [0.5, 0.6) is 0 Å². The number of piperidine rings is 1. The third-order valence-electron chi connectivity index (χ3n) is 5.13. The van der Waals surface area contributed by atoms with Gasteiger partial charge in [0.2, 0.25) is 5.91 Å². The molecule has 124 valence electrons. The first-order valence-electron chi connectivity index (χ1n) is 8.65. The van der Waals surface area contributed by atoms with Crippen LogP contribution < -0.4 is 15.1 Å². The summed E-state index contributed by atoms with van der Waals surface area (Å²) in [6.07, 6.45) is 5.44. The van der Waals surface area contributed by atoms with Crippen LogP contribution in [0.4, 0.5) is 11.6 Å². The van der Waals surface area contributed by atoms with Gasteiger partial charge in [0.25, 0.3) is 0 Å². The molecule has 1 amide bonds. The van der Waals surface area contributed by atoms with E-state index in [4.69, 9.17) is 0 Å². The number of aromatic nitrogens is 2. The average Bonchev–Trinajstić information content (AvgIpc) is 2.63. The van der Waals surface area contributed by atoms with E-state index in [1.165, 1.54) is 19.3 Å². The lowest BCUT2D eigenvalue weighted by molar-refractivity contribution is -0.129. The topological polar surface area (TPSA) is 64.6 Å². The molecule has 1 N–H and O–H groups in total. The van der Waals surface area contributed by atoms with E-state index in [0.29, 0.717) is 6.54 Å². The van der Waals surface area contributed by atoms with Gasteiger partial charge in [-0.05, 0) is 19.3 Å². The zero-order chi connectivity index (χ0) is 15.6. The third-order valence-corrected chi connectivity index (χ3v) is 5.13. The van der Waals surface area contributed by atoms with E-state index in [0.717, 1.165) is 50.9 Å². The lowest BCUT2D eigenvalue weighted by atomic mass is 10.1. The number of carbonyl (C=O) groups excluding carboxylic acids is 1. The minimum atomic E-state index is -0.0501. The maximum Gasteiger partial charge on any atom is 0.239 e. The van der Waals surface area contributed by atoms with E-state index < -0.39 is 0 Å². The predicted octanol–water partition coefficient (Wildman–Crippen LogP) is 0.0873. The smallest absolute Gasteiger partial charge is 0.239 e. The SMILES string of the molecule is O=C1NCCN2CCN(c3cc(N4CCCCC4)ncn3)C[C@@H]12. The summed E-state index contributed by atoms with van der Waals surface area (Å²) >= 11 is 0. The molecule has 7 heteroatoms. The highest BCUT2D eigenvalue weighted by atomic mass is 16.2. The molecule has 3 aliphatic heterocycles. The number of piperazine rings is 2. The predicted molar refractivity (Wildman–Crippen MR) is 88.7 cm³/mol. The molecule has 1 aromatic rings. The van der Waals surface area contributed by atoms with Crippen LogP contribution in [0.15, 0.2) is 12.4 Å². The summed E-state index contributed by atoms with van der Waals surface area (Å²) in [4.78, 5) is 27.9. The Balaban J connectivity index is 1.50. The second-order valence-electron chi connectivity index (χ2n) is 6.57. The lowest BCUT2D eigenvalue weighted by Gasteiger charge is -2.43. The molecule has 4 heterocycles. The summed E-state index contributed by atoms with van der Waals surface area (Å²) in [6, 6.07) is 2.03. The molecule has 4 rings (SSSR count). The Morgan fingerprint density at radius 3 is 2.57 bits per heavy atom. The maximum atomic E-state index is 12.1. The molecule has 7 nitrogen and oxygen atoms in total. The molecule has 1 aromatic heterocycles. The summed E-state index contributed by atoms with van der Waals surface area (Å²) in [5.41, 5.74) is 0. The fourth-order valence-electron chi connectivity index (χ4n) is 3.79. The zero-order valence-electron chi connectivity index (χ0n) is 13.4. The fraction of sp³-hybridized carbons (Fsp3) is 0.688. The summed E-state index contributed by atoms with van der Waals surface area (Å²) in [5, 5.41) is 2.97. The Labute approximate surface area is 136 Å². The summed E-state index contributed by atoms with van der Waals surface area (Å²) in [5.74, 6) is 2.11. The van der Waals surface area contributed by atoms with Gasteiger partial charge < -0.3 is 15.1 Å². The quantitative estimate of drug-likeness (QED) is 0.834. The zero-order valence-corrected chi connectivity index (χ0v) is 13.4. The van der Waals surface area contributed by atoms with Gasteiger partial charge in [-0.3, -0.25) is 9.69 Å². The molecule has 3 fully saturated rings. The Hall–Kier alpha value is -1.89. The van der Waals surface area contributed by atoms with E-state index in [-0.39, 0.29) is 11.9 Å². The van der Waals surface area contributed by atoms with Crippen LogP contribution >= 0.6 is 0 Å². The number of nitrogens with zero attached hydrogens (tertiary/aromatic N) is 5. The van der Waals surface area contributed by atoms with Gasteiger partial charge in [-0.25, -0.2) is 9.97 Å². The Morgan fingerprint density at radius 1 is 0.957 bits per heavy atom. The van der Waals surface area contributed by atoms with Crippen LogP contribution in [0.2, 0.25) is 0 Å². The largest absolute Gasteiger partial charge is 0.356 e. The molecule has 0 radical (unpaired) electrons. The molecule has 0 aliphatic carbocycles. The van der Waals surface area contributed by atoms with Crippen molar-refractivity contribution in [1.29, 1.82) is 0 Å². The van der Waals surface area contributed by atoms with E-state index in [1.807, 2.05) is 0 Å². The van der Waals surface area contributed by atoms with E-state index in [2.05, 4.69) is 36.1 Å². The summed E-state index contributed by atoms with van der Waals surface area (Å²) < 4.78 is 0.